The molecule has 0 spiro atoms. The SMILES string of the molecule is O=C(Nc1cnc2c(C(=O)N3CCOCC3)cccn2c1=O)c1c(Cl)cccc1Cl. The fraction of sp³-hybridized carbons (Fsp3) is 0.200. The summed E-state index contributed by atoms with van der Waals surface area (Å²) < 4.78 is 6.49. The number of carbonyl (C=O) groups excluding carboxylic acids is 2. The van der Waals surface area contributed by atoms with Gasteiger partial charge in [-0.05, 0) is 24.3 Å². The van der Waals surface area contributed by atoms with E-state index in [0.29, 0.717) is 31.9 Å². The third-order valence-electron chi connectivity index (χ3n) is 4.70. The predicted molar refractivity (Wildman–Crippen MR) is 113 cm³/mol. The van der Waals surface area contributed by atoms with Gasteiger partial charge in [-0.2, -0.15) is 0 Å². The molecule has 1 fully saturated rings. The van der Waals surface area contributed by atoms with Gasteiger partial charge >= 0.3 is 0 Å². The van der Waals surface area contributed by atoms with Crippen molar-refractivity contribution < 1.29 is 14.3 Å². The Bertz CT molecular complexity index is 1180. The van der Waals surface area contributed by atoms with Crippen molar-refractivity contribution in [3.8, 4) is 0 Å². The summed E-state index contributed by atoms with van der Waals surface area (Å²) in [7, 11) is 0. The Morgan fingerprint density at radius 2 is 1.77 bits per heavy atom. The molecule has 3 heterocycles. The van der Waals surface area contributed by atoms with Crippen LogP contribution in [-0.2, 0) is 4.74 Å². The Balaban J connectivity index is 1.69. The van der Waals surface area contributed by atoms with Crippen LogP contribution in [0.15, 0.2) is 47.5 Å². The molecular weight excluding hydrogens is 431 g/mol. The normalized spacial score (nSPS) is 14.0. The lowest BCUT2D eigenvalue weighted by atomic mass is 10.2. The molecule has 3 aromatic rings. The van der Waals surface area contributed by atoms with Crippen LogP contribution in [0.3, 0.4) is 0 Å². The number of hydrogen-bond donors (Lipinski definition) is 1. The highest BCUT2D eigenvalue weighted by Gasteiger charge is 2.22. The second kappa shape index (κ2) is 8.43. The number of amides is 2. The number of nitrogens with zero attached hydrogens (tertiary/aromatic N) is 3. The largest absolute Gasteiger partial charge is 0.378 e. The number of fused-ring (bicyclic) bond motifs is 1. The first kappa shape index (κ1) is 20.3. The van der Waals surface area contributed by atoms with E-state index in [1.807, 2.05) is 0 Å². The highest BCUT2D eigenvalue weighted by atomic mass is 35.5. The van der Waals surface area contributed by atoms with Gasteiger partial charge in [0.15, 0.2) is 5.65 Å². The van der Waals surface area contributed by atoms with Crippen molar-refractivity contribution in [2.45, 2.75) is 0 Å². The van der Waals surface area contributed by atoms with E-state index in [4.69, 9.17) is 27.9 Å². The van der Waals surface area contributed by atoms with Gasteiger partial charge in [0.2, 0.25) is 0 Å². The molecule has 1 saturated heterocycles. The molecule has 0 radical (unpaired) electrons. The molecule has 0 unspecified atom stereocenters. The van der Waals surface area contributed by atoms with E-state index >= 15 is 0 Å². The summed E-state index contributed by atoms with van der Waals surface area (Å²) in [6.07, 6.45) is 2.70. The summed E-state index contributed by atoms with van der Waals surface area (Å²) in [6.45, 7) is 1.86. The first-order chi connectivity index (χ1) is 14.5. The predicted octanol–water partition coefficient (Wildman–Crippen LogP) is 2.73. The van der Waals surface area contributed by atoms with Gasteiger partial charge in [-0.15, -0.1) is 0 Å². The van der Waals surface area contributed by atoms with Crippen molar-refractivity contribution >= 4 is 46.4 Å². The number of hydrogen-bond acceptors (Lipinski definition) is 5. The van der Waals surface area contributed by atoms with E-state index < -0.39 is 11.5 Å². The fourth-order valence-corrected chi connectivity index (χ4v) is 3.76. The van der Waals surface area contributed by atoms with Crippen LogP contribution in [0.25, 0.3) is 5.65 Å². The van der Waals surface area contributed by atoms with E-state index in [-0.39, 0.29) is 32.9 Å². The number of pyridine rings is 1. The van der Waals surface area contributed by atoms with Crippen LogP contribution in [0, 0.1) is 0 Å². The molecule has 2 aromatic heterocycles. The van der Waals surface area contributed by atoms with Gasteiger partial charge in [0, 0.05) is 19.3 Å². The Morgan fingerprint density at radius 1 is 1.07 bits per heavy atom. The Kier molecular flexibility index (Phi) is 5.72. The van der Waals surface area contributed by atoms with Crippen LogP contribution in [0.1, 0.15) is 20.7 Å². The molecule has 0 aliphatic carbocycles. The molecule has 4 rings (SSSR count). The quantitative estimate of drug-likeness (QED) is 0.667. The number of halogens is 2. The molecule has 2 amide bonds. The Hall–Kier alpha value is -2.94. The maximum Gasteiger partial charge on any atom is 0.281 e. The molecule has 154 valence electrons. The molecule has 0 bridgehead atoms. The van der Waals surface area contributed by atoms with Crippen molar-refractivity contribution in [1.82, 2.24) is 14.3 Å². The lowest BCUT2D eigenvalue weighted by molar-refractivity contribution is 0.0303. The summed E-state index contributed by atoms with van der Waals surface area (Å²) in [6, 6.07) is 7.86. The second-order valence-corrected chi connectivity index (χ2v) is 7.36. The van der Waals surface area contributed by atoms with Gasteiger partial charge in [0.05, 0.1) is 40.6 Å². The zero-order valence-corrected chi connectivity index (χ0v) is 17.1. The van der Waals surface area contributed by atoms with Gasteiger partial charge in [-0.25, -0.2) is 4.98 Å². The maximum absolute atomic E-state index is 12.9. The van der Waals surface area contributed by atoms with Crippen molar-refractivity contribution in [3.63, 3.8) is 0 Å². The molecule has 1 aromatic carbocycles. The topological polar surface area (TPSA) is 93.0 Å². The van der Waals surface area contributed by atoms with E-state index in [1.54, 1.807) is 23.1 Å². The zero-order chi connectivity index (χ0) is 21.3. The van der Waals surface area contributed by atoms with Gasteiger partial charge in [0.25, 0.3) is 17.4 Å². The summed E-state index contributed by atoms with van der Waals surface area (Å²) in [5.41, 5.74) is -0.0459. The number of nitrogens with one attached hydrogen (secondary N) is 1. The van der Waals surface area contributed by atoms with Crippen molar-refractivity contribution in [2.24, 2.45) is 0 Å². The molecular formula is C20H16Cl2N4O4. The summed E-state index contributed by atoms with van der Waals surface area (Å²) >= 11 is 12.1. The molecule has 1 N–H and O–H groups in total. The Labute approximate surface area is 181 Å². The molecule has 1 aliphatic rings. The zero-order valence-electron chi connectivity index (χ0n) is 15.6. The number of morpholine rings is 1. The third kappa shape index (κ3) is 3.77. The van der Waals surface area contributed by atoms with E-state index in [9.17, 15) is 14.4 Å². The number of aromatic nitrogens is 2. The average Bonchev–Trinajstić information content (AvgIpc) is 2.75. The van der Waals surface area contributed by atoms with E-state index in [0.717, 1.165) is 0 Å². The van der Waals surface area contributed by atoms with E-state index in [2.05, 4.69) is 10.3 Å². The highest BCUT2D eigenvalue weighted by Crippen LogP contribution is 2.25. The lowest BCUT2D eigenvalue weighted by Crippen LogP contribution is -2.41. The summed E-state index contributed by atoms with van der Waals surface area (Å²) in [5.74, 6) is -0.868. The number of carbonyl (C=O) groups is 2. The fourth-order valence-electron chi connectivity index (χ4n) is 3.20. The first-order valence-corrected chi connectivity index (χ1v) is 9.85. The summed E-state index contributed by atoms with van der Waals surface area (Å²) in [4.78, 5) is 44.3. The summed E-state index contributed by atoms with van der Waals surface area (Å²) in [5, 5.41) is 2.82. The molecule has 8 nitrogen and oxygen atoms in total. The molecule has 1 aliphatic heterocycles. The van der Waals surface area contributed by atoms with Gasteiger partial charge in [-0.1, -0.05) is 29.3 Å². The minimum atomic E-state index is -0.634. The molecule has 0 atom stereocenters. The monoisotopic (exact) mass is 446 g/mol. The van der Waals surface area contributed by atoms with Crippen LogP contribution >= 0.6 is 23.2 Å². The molecule has 0 saturated carbocycles. The van der Waals surface area contributed by atoms with Gasteiger partial charge in [-0.3, -0.25) is 18.8 Å². The van der Waals surface area contributed by atoms with Crippen molar-refractivity contribution in [1.29, 1.82) is 0 Å². The highest BCUT2D eigenvalue weighted by molar-refractivity contribution is 6.40. The third-order valence-corrected chi connectivity index (χ3v) is 5.33. The van der Waals surface area contributed by atoms with Crippen molar-refractivity contribution in [3.05, 3.63) is 74.3 Å². The average molecular weight is 447 g/mol. The minimum Gasteiger partial charge on any atom is -0.378 e. The standard InChI is InChI=1S/C20H16Cl2N4O4/c21-13-4-1-5-14(22)16(13)18(27)24-15-11-23-17-12(3-2-6-26(17)20(15)29)19(28)25-7-9-30-10-8-25/h1-6,11H,7-10H2,(H,24,27). The first-order valence-electron chi connectivity index (χ1n) is 9.10. The number of ether oxygens (including phenoxy) is 1. The van der Waals surface area contributed by atoms with Crippen LogP contribution in [-0.4, -0.2) is 52.4 Å². The molecule has 10 heteroatoms. The number of anilines is 1. The smallest absolute Gasteiger partial charge is 0.281 e. The van der Waals surface area contributed by atoms with Crippen LogP contribution in [0.2, 0.25) is 10.0 Å². The van der Waals surface area contributed by atoms with Crippen LogP contribution in [0.5, 0.6) is 0 Å². The number of benzene rings is 1. The van der Waals surface area contributed by atoms with E-state index in [1.165, 1.54) is 28.9 Å². The maximum atomic E-state index is 12.9. The lowest BCUT2D eigenvalue weighted by Gasteiger charge is -2.27. The van der Waals surface area contributed by atoms with Gasteiger partial charge < -0.3 is 15.0 Å². The Morgan fingerprint density at radius 3 is 2.47 bits per heavy atom. The number of rotatable bonds is 3. The second-order valence-electron chi connectivity index (χ2n) is 6.55. The van der Waals surface area contributed by atoms with Crippen LogP contribution < -0.4 is 10.9 Å². The van der Waals surface area contributed by atoms with Gasteiger partial charge in [0.1, 0.15) is 5.69 Å². The minimum absolute atomic E-state index is 0.0570. The molecule has 30 heavy (non-hydrogen) atoms. The van der Waals surface area contributed by atoms with Crippen LogP contribution in [0.4, 0.5) is 5.69 Å². The van der Waals surface area contributed by atoms with Crippen molar-refractivity contribution in [2.75, 3.05) is 31.6 Å².